The minimum atomic E-state index is -0.231. The van der Waals surface area contributed by atoms with Crippen molar-refractivity contribution in [2.45, 2.75) is 26.4 Å². The number of aliphatic imine (C=N–C) groups is 1. The standard InChI is InChI=1S/C21H20Cl2N2O3S/c1-4-12(2)28-16-9-8-13(10-17(16)27-3)11-18-20(26)25-21(29-18)24-15-7-5-6-14(22)19(15)23/h5-12H,4H2,1-3H3,(H,24,25,26)/b18-11+/t12-/m0/s1. The molecule has 3 rings (SSSR count). The molecule has 0 spiro atoms. The van der Waals surface area contributed by atoms with Crippen LogP contribution in [0.25, 0.3) is 6.08 Å². The second kappa shape index (κ2) is 9.57. The number of thioether (sulfide) groups is 1. The van der Waals surface area contributed by atoms with E-state index in [4.69, 9.17) is 32.7 Å². The van der Waals surface area contributed by atoms with E-state index in [1.54, 1.807) is 31.4 Å². The van der Waals surface area contributed by atoms with Crippen LogP contribution in [0.4, 0.5) is 5.69 Å². The van der Waals surface area contributed by atoms with Crippen LogP contribution in [-0.2, 0) is 4.79 Å². The largest absolute Gasteiger partial charge is 0.493 e. The Hall–Kier alpha value is -2.15. The molecule has 1 fully saturated rings. The molecule has 0 aliphatic carbocycles. The van der Waals surface area contributed by atoms with E-state index < -0.39 is 0 Å². The zero-order valence-electron chi connectivity index (χ0n) is 16.2. The molecule has 1 aliphatic heterocycles. The molecule has 0 radical (unpaired) electrons. The third kappa shape index (κ3) is 5.26. The van der Waals surface area contributed by atoms with Gasteiger partial charge < -0.3 is 14.8 Å². The number of nitrogens with one attached hydrogen (secondary N) is 1. The molecule has 1 heterocycles. The Morgan fingerprint density at radius 1 is 1.24 bits per heavy atom. The average Bonchev–Trinajstić information content (AvgIpc) is 3.05. The molecular formula is C21H20Cl2N2O3S. The Bertz CT molecular complexity index is 992. The van der Waals surface area contributed by atoms with Crippen LogP contribution in [0.5, 0.6) is 11.5 Å². The van der Waals surface area contributed by atoms with Crippen molar-refractivity contribution in [1.82, 2.24) is 5.32 Å². The van der Waals surface area contributed by atoms with Gasteiger partial charge in [0.05, 0.1) is 33.9 Å². The molecule has 1 atom stereocenters. The molecule has 1 aliphatic rings. The molecule has 1 N–H and O–H groups in total. The van der Waals surface area contributed by atoms with Crippen LogP contribution in [0.3, 0.4) is 0 Å². The summed E-state index contributed by atoms with van der Waals surface area (Å²) in [7, 11) is 1.59. The first-order valence-electron chi connectivity index (χ1n) is 8.99. The lowest BCUT2D eigenvalue weighted by Gasteiger charge is -2.15. The highest BCUT2D eigenvalue weighted by atomic mass is 35.5. The van der Waals surface area contributed by atoms with E-state index in [2.05, 4.69) is 17.2 Å². The Labute approximate surface area is 184 Å². The van der Waals surface area contributed by atoms with Gasteiger partial charge in [0.2, 0.25) is 0 Å². The minimum absolute atomic E-state index is 0.0846. The second-order valence-corrected chi connectivity index (χ2v) is 8.12. The van der Waals surface area contributed by atoms with Gasteiger partial charge in [-0.2, -0.15) is 0 Å². The number of carbonyl (C=O) groups is 1. The maximum atomic E-state index is 12.3. The molecule has 0 aromatic heterocycles. The number of methoxy groups -OCH3 is 1. The van der Waals surface area contributed by atoms with Crippen LogP contribution in [0, 0.1) is 0 Å². The van der Waals surface area contributed by atoms with Crippen molar-refractivity contribution in [2.24, 2.45) is 4.99 Å². The van der Waals surface area contributed by atoms with Crippen molar-refractivity contribution < 1.29 is 14.3 Å². The van der Waals surface area contributed by atoms with Gasteiger partial charge in [-0.15, -0.1) is 0 Å². The van der Waals surface area contributed by atoms with Gasteiger partial charge in [0.1, 0.15) is 0 Å². The van der Waals surface area contributed by atoms with E-state index in [1.165, 1.54) is 11.8 Å². The number of amides is 1. The van der Waals surface area contributed by atoms with Crippen molar-refractivity contribution in [3.8, 4) is 11.5 Å². The monoisotopic (exact) mass is 450 g/mol. The summed E-state index contributed by atoms with van der Waals surface area (Å²) >= 11 is 13.4. The molecule has 0 unspecified atom stereocenters. The summed E-state index contributed by atoms with van der Waals surface area (Å²) in [6.07, 6.45) is 2.75. The molecule has 8 heteroatoms. The van der Waals surface area contributed by atoms with Crippen LogP contribution in [-0.4, -0.2) is 24.3 Å². The summed E-state index contributed by atoms with van der Waals surface area (Å²) in [6, 6.07) is 10.7. The summed E-state index contributed by atoms with van der Waals surface area (Å²) in [5.41, 5.74) is 1.31. The number of halogens is 2. The van der Waals surface area contributed by atoms with E-state index in [9.17, 15) is 4.79 Å². The van der Waals surface area contributed by atoms with Crippen molar-refractivity contribution in [1.29, 1.82) is 0 Å². The predicted octanol–water partition coefficient (Wildman–Crippen LogP) is 6.07. The van der Waals surface area contributed by atoms with E-state index in [1.807, 2.05) is 25.1 Å². The fraction of sp³-hybridized carbons (Fsp3) is 0.238. The summed E-state index contributed by atoms with van der Waals surface area (Å²) < 4.78 is 11.3. The smallest absolute Gasteiger partial charge is 0.264 e. The van der Waals surface area contributed by atoms with Crippen LogP contribution in [0.1, 0.15) is 25.8 Å². The quantitative estimate of drug-likeness (QED) is 0.542. The summed E-state index contributed by atoms with van der Waals surface area (Å²) in [5, 5.41) is 3.93. The van der Waals surface area contributed by atoms with Gasteiger partial charge >= 0.3 is 0 Å². The molecular weight excluding hydrogens is 431 g/mol. The zero-order valence-corrected chi connectivity index (χ0v) is 18.5. The van der Waals surface area contributed by atoms with Gasteiger partial charge in [-0.25, -0.2) is 4.99 Å². The highest BCUT2D eigenvalue weighted by molar-refractivity contribution is 8.18. The number of hydrogen-bond donors (Lipinski definition) is 1. The van der Waals surface area contributed by atoms with Gasteiger partial charge in [0, 0.05) is 0 Å². The van der Waals surface area contributed by atoms with E-state index in [0.717, 1.165) is 12.0 Å². The van der Waals surface area contributed by atoms with Crippen molar-refractivity contribution in [3.63, 3.8) is 0 Å². The van der Waals surface area contributed by atoms with Gasteiger partial charge in [-0.3, -0.25) is 4.79 Å². The van der Waals surface area contributed by atoms with Crippen LogP contribution < -0.4 is 14.8 Å². The van der Waals surface area contributed by atoms with Crippen molar-refractivity contribution in [2.75, 3.05) is 7.11 Å². The lowest BCUT2D eigenvalue weighted by atomic mass is 10.2. The third-order valence-electron chi connectivity index (χ3n) is 4.19. The number of carbonyl (C=O) groups excluding carboxylic acids is 1. The molecule has 1 saturated heterocycles. The molecule has 2 aromatic rings. The number of ether oxygens (including phenoxy) is 2. The van der Waals surface area contributed by atoms with E-state index >= 15 is 0 Å². The maximum Gasteiger partial charge on any atom is 0.264 e. The first-order valence-corrected chi connectivity index (χ1v) is 10.6. The first-order chi connectivity index (χ1) is 13.9. The number of amidine groups is 1. The highest BCUT2D eigenvalue weighted by Crippen LogP contribution is 2.35. The number of benzene rings is 2. The molecule has 5 nitrogen and oxygen atoms in total. The maximum absolute atomic E-state index is 12.3. The minimum Gasteiger partial charge on any atom is -0.493 e. The fourth-order valence-electron chi connectivity index (χ4n) is 2.49. The fourth-order valence-corrected chi connectivity index (χ4v) is 3.66. The first kappa shape index (κ1) is 21.6. The normalized spacial score (nSPS) is 17.5. The third-order valence-corrected chi connectivity index (χ3v) is 5.91. The zero-order chi connectivity index (χ0) is 21.0. The predicted molar refractivity (Wildman–Crippen MR) is 121 cm³/mol. The molecule has 29 heavy (non-hydrogen) atoms. The average molecular weight is 451 g/mol. The lowest BCUT2D eigenvalue weighted by molar-refractivity contribution is -0.115. The lowest BCUT2D eigenvalue weighted by Crippen LogP contribution is -2.19. The Kier molecular flexibility index (Phi) is 7.11. The van der Waals surface area contributed by atoms with Gasteiger partial charge in [0.25, 0.3) is 5.91 Å². The van der Waals surface area contributed by atoms with Gasteiger partial charge in [-0.1, -0.05) is 42.3 Å². The SMILES string of the molecule is CC[C@H](C)Oc1ccc(/C=C2/SC(=Nc3cccc(Cl)c3Cl)NC2=O)cc1OC. The summed E-state index contributed by atoms with van der Waals surface area (Å²) in [6.45, 7) is 4.06. The second-order valence-electron chi connectivity index (χ2n) is 6.30. The Morgan fingerprint density at radius 3 is 2.76 bits per heavy atom. The number of hydrogen-bond acceptors (Lipinski definition) is 5. The number of nitrogens with zero attached hydrogens (tertiary/aromatic N) is 1. The Morgan fingerprint density at radius 2 is 2.03 bits per heavy atom. The Balaban J connectivity index is 1.83. The highest BCUT2D eigenvalue weighted by Gasteiger charge is 2.24. The number of rotatable bonds is 6. The van der Waals surface area contributed by atoms with E-state index in [0.29, 0.717) is 37.3 Å². The van der Waals surface area contributed by atoms with Crippen molar-refractivity contribution in [3.05, 3.63) is 56.9 Å². The van der Waals surface area contributed by atoms with Crippen molar-refractivity contribution >= 4 is 57.8 Å². The molecule has 0 bridgehead atoms. The van der Waals surface area contributed by atoms with Crippen LogP contribution in [0.2, 0.25) is 10.0 Å². The summed E-state index contributed by atoms with van der Waals surface area (Å²) in [4.78, 5) is 17.3. The summed E-state index contributed by atoms with van der Waals surface area (Å²) in [5.74, 6) is 1.05. The molecule has 152 valence electrons. The molecule has 0 saturated carbocycles. The van der Waals surface area contributed by atoms with E-state index in [-0.39, 0.29) is 12.0 Å². The van der Waals surface area contributed by atoms with Crippen LogP contribution in [0.15, 0.2) is 46.3 Å². The topological polar surface area (TPSA) is 59.9 Å². The van der Waals surface area contributed by atoms with Gasteiger partial charge in [0.15, 0.2) is 16.7 Å². The molecule has 1 amide bonds. The van der Waals surface area contributed by atoms with Gasteiger partial charge in [-0.05, 0) is 61.0 Å². The van der Waals surface area contributed by atoms with Crippen LogP contribution >= 0.6 is 35.0 Å². The molecule has 2 aromatic carbocycles.